The van der Waals surface area contributed by atoms with E-state index in [2.05, 4.69) is 5.32 Å². The third-order valence-electron chi connectivity index (χ3n) is 3.78. The first-order valence-electron chi connectivity index (χ1n) is 7.82. The van der Waals surface area contributed by atoms with Crippen molar-refractivity contribution < 1.29 is 9.53 Å². The minimum Gasteiger partial charge on any atom is -0.478 e. The highest BCUT2D eigenvalue weighted by Crippen LogP contribution is 2.29. The van der Waals surface area contributed by atoms with Crippen LogP contribution in [0.5, 0.6) is 5.75 Å². The molecule has 0 saturated heterocycles. The van der Waals surface area contributed by atoms with Gasteiger partial charge < -0.3 is 10.1 Å². The Kier molecular flexibility index (Phi) is 6.45. The predicted octanol–water partition coefficient (Wildman–Crippen LogP) is 4.29. The van der Waals surface area contributed by atoms with Gasteiger partial charge in [-0.2, -0.15) is 11.8 Å². The number of halogens is 1. The largest absolute Gasteiger partial charge is 0.478 e. The molecule has 0 heterocycles. The summed E-state index contributed by atoms with van der Waals surface area (Å²) in [6.45, 7) is 4.25. The molecule has 0 unspecified atom stereocenters. The van der Waals surface area contributed by atoms with Crippen LogP contribution in [0.15, 0.2) is 24.3 Å². The zero-order chi connectivity index (χ0) is 16.0. The Hall–Kier alpha value is -0.870. The van der Waals surface area contributed by atoms with Crippen LogP contribution in [-0.2, 0) is 4.79 Å². The van der Waals surface area contributed by atoms with E-state index in [0.717, 1.165) is 11.0 Å². The second-order valence-electron chi connectivity index (χ2n) is 6.10. The van der Waals surface area contributed by atoms with Crippen molar-refractivity contribution in [3.63, 3.8) is 0 Å². The summed E-state index contributed by atoms with van der Waals surface area (Å²) in [5, 5.41) is 4.41. The molecule has 1 saturated carbocycles. The number of amides is 1. The number of carbonyl (C=O) groups is 1. The van der Waals surface area contributed by atoms with E-state index >= 15 is 0 Å². The van der Waals surface area contributed by atoms with Crippen molar-refractivity contribution in [2.24, 2.45) is 0 Å². The molecule has 1 aliphatic carbocycles. The molecule has 0 aromatic heterocycles. The van der Waals surface area contributed by atoms with Gasteiger partial charge in [0.25, 0.3) is 5.91 Å². The molecule has 0 aliphatic heterocycles. The van der Waals surface area contributed by atoms with E-state index < -0.39 is 5.60 Å². The van der Waals surface area contributed by atoms with Crippen molar-refractivity contribution in [3.8, 4) is 5.75 Å². The highest BCUT2D eigenvalue weighted by Gasteiger charge is 2.29. The molecular weight excluding hydrogens is 318 g/mol. The molecular formula is C17H24ClNO2S. The Bertz CT molecular complexity index is 484. The number of thioether (sulfide) groups is 1. The van der Waals surface area contributed by atoms with Crippen LogP contribution in [0.2, 0.25) is 5.02 Å². The summed E-state index contributed by atoms with van der Waals surface area (Å²) in [7, 11) is 0. The molecule has 1 fully saturated rings. The molecule has 0 radical (unpaired) electrons. The summed E-state index contributed by atoms with van der Waals surface area (Å²) in [6, 6.07) is 7.05. The number of hydrogen-bond donors (Lipinski definition) is 1. The molecule has 1 aromatic carbocycles. The first-order valence-corrected chi connectivity index (χ1v) is 9.24. The first kappa shape index (κ1) is 17.5. The SMILES string of the molecule is CC(C)(Oc1ccc(Cl)cc1)C(=O)NCCSC1CCCC1. The highest BCUT2D eigenvalue weighted by atomic mass is 35.5. The quantitative estimate of drug-likeness (QED) is 0.752. The van der Waals surface area contributed by atoms with Gasteiger partial charge in [0.2, 0.25) is 0 Å². The zero-order valence-electron chi connectivity index (χ0n) is 13.2. The van der Waals surface area contributed by atoms with Gasteiger partial charge in [0.1, 0.15) is 5.75 Å². The van der Waals surface area contributed by atoms with Crippen molar-refractivity contribution in [2.75, 3.05) is 12.3 Å². The number of hydrogen-bond acceptors (Lipinski definition) is 3. The predicted molar refractivity (Wildman–Crippen MR) is 93.9 cm³/mol. The Labute approximate surface area is 142 Å². The first-order chi connectivity index (χ1) is 10.5. The fraction of sp³-hybridized carbons (Fsp3) is 0.588. The van der Waals surface area contributed by atoms with Gasteiger partial charge in [-0.3, -0.25) is 4.79 Å². The van der Waals surface area contributed by atoms with Gasteiger partial charge in [-0.05, 0) is 51.0 Å². The molecule has 2 rings (SSSR count). The van der Waals surface area contributed by atoms with E-state index in [0.29, 0.717) is 17.3 Å². The zero-order valence-corrected chi connectivity index (χ0v) is 14.8. The Morgan fingerprint density at radius 1 is 1.32 bits per heavy atom. The van der Waals surface area contributed by atoms with Gasteiger partial charge in [0.05, 0.1) is 0 Å². The molecule has 0 spiro atoms. The maximum atomic E-state index is 12.3. The van der Waals surface area contributed by atoms with Crippen LogP contribution in [0.25, 0.3) is 0 Å². The van der Waals surface area contributed by atoms with E-state index in [1.165, 1.54) is 25.7 Å². The average molecular weight is 342 g/mol. The second-order valence-corrected chi connectivity index (χ2v) is 7.94. The third kappa shape index (κ3) is 5.40. The van der Waals surface area contributed by atoms with Crippen LogP contribution in [-0.4, -0.2) is 29.1 Å². The molecule has 22 heavy (non-hydrogen) atoms. The Balaban J connectivity index is 1.73. The summed E-state index contributed by atoms with van der Waals surface area (Å²) in [6.07, 6.45) is 5.35. The van der Waals surface area contributed by atoms with Crippen LogP contribution >= 0.6 is 23.4 Å². The van der Waals surface area contributed by atoms with Gasteiger partial charge in [0.15, 0.2) is 5.60 Å². The molecule has 1 amide bonds. The van der Waals surface area contributed by atoms with E-state index in [-0.39, 0.29) is 5.91 Å². The number of rotatable bonds is 7. The summed E-state index contributed by atoms with van der Waals surface area (Å²) in [5.74, 6) is 1.52. The minimum atomic E-state index is -0.897. The van der Waals surface area contributed by atoms with E-state index in [9.17, 15) is 4.79 Å². The van der Waals surface area contributed by atoms with Crippen molar-refractivity contribution in [1.29, 1.82) is 0 Å². The standard InChI is InChI=1S/C17H24ClNO2S/c1-17(2,21-14-9-7-13(18)8-10-14)16(20)19-11-12-22-15-5-3-4-6-15/h7-10,15H,3-6,11-12H2,1-2H3,(H,19,20). The van der Waals surface area contributed by atoms with Gasteiger partial charge in [0, 0.05) is 22.6 Å². The summed E-state index contributed by atoms with van der Waals surface area (Å²) >= 11 is 7.82. The summed E-state index contributed by atoms with van der Waals surface area (Å²) < 4.78 is 5.77. The molecule has 0 atom stereocenters. The van der Waals surface area contributed by atoms with E-state index in [1.54, 1.807) is 38.1 Å². The normalized spacial score (nSPS) is 15.8. The fourth-order valence-electron chi connectivity index (χ4n) is 2.50. The maximum absolute atomic E-state index is 12.3. The van der Waals surface area contributed by atoms with Crippen LogP contribution in [0.1, 0.15) is 39.5 Å². The second kappa shape index (κ2) is 8.11. The van der Waals surface area contributed by atoms with Crippen molar-refractivity contribution in [2.45, 2.75) is 50.4 Å². The summed E-state index contributed by atoms with van der Waals surface area (Å²) in [4.78, 5) is 12.3. The molecule has 1 aromatic rings. The Morgan fingerprint density at radius 2 is 1.95 bits per heavy atom. The van der Waals surface area contributed by atoms with Crippen LogP contribution in [0, 0.1) is 0 Å². The van der Waals surface area contributed by atoms with Crippen LogP contribution in [0.3, 0.4) is 0 Å². The van der Waals surface area contributed by atoms with Gasteiger partial charge in [-0.15, -0.1) is 0 Å². The van der Waals surface area contributed by atoms with E-state index in [4.69, 9.17) is 16.3 Å². The van der Waals surface area contributed by atoms with E-state index in [1.807, 2.05) is 11.8 Å². The van der Waals surface area contributed by atoms with Crippen LogP contribution in [0.4, 0.5) is 0 Å². The molecule has 1 N–H and O–H groups in total. The maximum Gasteiger partial charge on any atom is 0.263 e. The number of carbonyl (C=O) groups excluding carboxylic acids is 1. The lowest BCUT2D eigenvalue weighted by Crippen LogP contribution is -2.47. The topological polar surface area (TPSA) is 38.3 Å². The van der Waals surface area contributed by atoms with Crippen molar-refractivity contribution in [3.05, 3.63) is 29.3 Å². The average Bonchev–Trinajstić information content (AvgIpc) is 2.99. The summed E-state index contributed by atoms with van der Waals surface area (Å²) in [5.41, 5.74) is -0.897. The smallest absolute Gasteiger partial charge is 0.263 e. The fourth-order valence-corrected chi connectivity index (χ4v) is 3.85. The molecule has 122 valence electrons. The molecule has 5 heteroatoms. The number of benzene rings is 1. The van der Waals surface area contributed by atoms with Crippen molar-refractivity contribution >= 4 is 29.3 Å². The molecule has 1 aliphatic rings. The lowest BCUT2D eigenvalue weighted by atomic mass is 10.1. The third-order valence-corrected chi connectivity index (χ3v) is 5.41. The van der Waals surface area contributed by atoms with Crippen LogP contribution < -0.4 is 10.1 Å². The monoisotopic (exact) mass is 341 g/mol. The minimum absolute atomic E-state index is 0.0885. The highest BCUT2D eigenvalue weighted by molar-refractivity contribution is 7.99. The van der Waals surface area contributed by atoms with Gasteiger partial charge in [-0.25, -0.2) is 0 Å². The molecule has 3 nitrogen and oxygen atoms in total. The number of ether oxygens (including phenoxy) is 1. The lowest BCUT2D eigenvalue weighted by molar-refractivity contribution is -0.134. The molecule has 0 bridgehead atoms. The Morgan fingerprint density at radius 3 is 2.59 bits per heavy atom. The van der Waals surface area contributed by atoms with Gasteiger partial charge in [-0.1, -0.05) is 24.4 Å². The van der Waals surface area contributed by atoms with Crippen molar-refractivity contribution in [1.82, 2.24) is 5.32 Å². The lowest BCUT2D eigenvalue weighted by Gasteiger charge is -2.25. The number of nitrogens with one attached hydrogen (secondary N) is 1. The van der Waals surface area contributed by atoms with Gasteiger partial charge >= 0.3 is 0 Å².